The summed E-state index contributed by atoms with van der Waals surface area (Å²) >= 11 is 3.53. The van der Waals surface area contributed by atoms with Gasteiger partial charge in [-0.25, -0.2) is 0 Å². The number of ether oxygens (including phenoxy) is 4. The lowest BCUT2D eigenvalue weighted by molar-refractivity contribution is -0.254. The molecule has 10 heteroatoms. The van der Waals surface area contributed by atoms with E-state index in [1.165, 1.54) is 27.9 Å². The van der Waals surface area contributed by atoms with E-state index in [0.717, 1.165) is 0 Å². The average Bonchev–Trinajstić information content (AvgIpc) is 2.76. The summed E-state index contributed by atoms with van der Waals surface area (Å²) < 4.78 is 22.1. The monoisotopic (exact) mass is 558 g/mol. The molecule has 0 saturated heterocycles. The molecule has 3 fully saturated rings. The van der Waals surface area contributed by atoms with Crippen molar-refractivity contribution in [3.63, 3.8) is 0 Å². The Balaban J connectivity index is 2.12. The first-order chi connectivity index (χ1) is 16.3. The molecule has 0 spiro atoms. The Bertz CT molecular complexity index is 888. The van der Waals surface area contributed by atoms with E-state index in [1.54, 1.807) is 0 Å². The maximum atomic E-state index is 13.1. The summed E-state index contributed by atoms with van der Waals surface area (Å²) in [7, 11) is 1.30. The van der Waals surface area contributed by atoms with Gasteiger partial charge in [-0.3, -0.25) is 24.0 Å². The molecular formula is C25H35BrO9. The van der Waals surface area contributed by atoms with Gasteiger partial charge in [0.25, 0.3) is 0 Å². The van der Waals surface area contributed by atoms with Crippen molar-refractivity contribution in [3.05, 3.63) is 0 Å². The number of carbonyl (C=O) groups is 5. The Morgan fingerprint density at radius 2 is 1.51 bits per heavy atom. The molecule has 3 aliphatic carbocycles. The van der Waals surface area contributed by atoms with E-state index in [9.17, 15) is 24.0 Å². The van der Waals surface area contributed by atoms with Crippen LogP contribution in [-0.2, 0) is 42.9 Å². The lowest BCUT2D eigenvalue weighted by Crippen LogP contribution is -2.69. The highest BCUT2D eigenvalue weighted by Crippen LogP contribution is 2.63. The van der Waals surface area contributed by atoms with Crippen molar-refractivity contribution < 1.29 is 42.9 Å². The molecule has 3 aliphatic rings. The highest BCUT2D eigenvalue weighted by molar-refractivity contribution is 9.10. The minimum Gasteiger partial charge on any atom is -0.469 e. The standard InChI is InChI=1S/C25H35BrO9/c1-11-17-8-7-15-16(9-20(30)32-6)21(31)19(26)10-18(15)25(17,5)24(35-14(4)29)23(34-13(3)28)22(11)33-12(2)27/h11,15-19,22-24H,7-10H2,1-6H3. The van der Waals surface area contributed by atoms with E-state index in [-0.39, 0.29) is 35.9 Å². The van der Waals surface area contributed by atoms with E-state index in [1.807, 2.05) is 13.8 Å². The minimum atomic E-state index is -0.999. The molecule has 35 heavy (non-hydrogen) atoms. The van der Waals surface area contributed by atoms with Crippen molar-refractivity contribution in [2.75, 3.05) is 7.11 Å². The van der Waals surface area contributed by atoms with Crippen LogP contribution >= 0.6 is 15.9 Å². The summed E-state index contributed by atoms with van der Waals surface area (Å²) in [6.45, 7) is 7.83. The molecule has 10 unspecified atom stereocenters. The van der Waals surface area contributed by atoms with Crippen LogP contribution in [0.3, 0.4) is 0 Å². The van der Waals surface area contributed by atoms with Crippen molar-refractivity contribution >= 4 is 45.6 Å². The van der Waals surface area contributed by atoms with Crippen molar-refractivity contribution in [2.24, 2.45) is 35.0 Å². The Morgan fingerprint density at radius 3 is 2.06 bits per heavy atom. The van der Waals surface area contributed by atoms with Crippen LogP contribution in [0.25, 0.3) is 0 Å². The normalized spacial score (nSPS) is 40.5. The summed E-state index contributed by atoms with van der Waals surface area (Å²) in [6, 6.07) is 0. The Morgan fingerprint density at radius 1 is 0.943 bits per heavy atom. The molecule has 0 radical (unpaired) electrons. The average molecular weight is 559 g/mol. The van der Waals surface area contributed by atoms with Crippen LogP contribution in [0.2, 0.25) is 0 Å². The Labute approximate surface area is 214 Å². The summed E-state index contributed by atoms with van der Waals surface area (Å²) in [6.07, 6.45) is -0.833. The molecule has 9 nitrogen and oxygen atoms in total. The number of alkyl halides is 1. The van der Waals surface area contributed by atoms with Crippen LogP contribution in [0.5, 0.6) is 0 Å². The Hall–Kier alpha value is -1.97. The fourth-order valence-corrected chi connectivity index (χ4v) is 7.94. The van der Waals surface area contributed by atoms with Gasteiger partial charge in [-0.15, -0.1) is 0 Å². The zero-order valence-corrected chi connectivity index (χ0v) is 22.7. The molecule has 0 bridgehead atoms. The number of methoxy groups -OCH3 is 1. The summed E-state index contributed by atoms with van der Waals surface area (Å²) in [5.41, 5.74) is -0.703. The number of Topliss-reactive ketones (excluding diaryl/α,β-unsaturated/α-hetero) is 1. The fraction of sp³-hybridized carbons (Fsp3) is 0.800. The molecule has 196 valence electrons. The van der Waals surface area contributed by atoms with E-state index in [4.69, 9.17) is 18.9 Å². The highest BCUT2D eigenvalue weighted by atomic mass is 79.9. The number of hydrogen-bond donors (Lipinski definition) is 0. The van der Waals surface area contributed by atoms with Crippen LogP contribution in [0, 0.1) is 35.0 Å². The third-order valence-electron chi connectivity index (χ3n) is 8.48. The van der Waals surface area contributed by atoms with Crippen LogP contribution < -0.4 is 0 Å². The lowest BCUT2D eigenvalue weighted by atomic mass is 9.44. The number of carbonyl (C=O) groups excluding carboxylic acids is 5. The molecular weight excluding hydrogens is 524 g/mol. The van der Waals surface area contributed by atoms with Crippen molar-refractivity contribution in [3.8, 4) is 0 Å². The summed E-state index contributed by atoms with van der Waals surface area (Å²) in [5, 5.41) is 0. The van der Waals surface area contributed by atoms with E-state index in [0.29, 0.717) is 19.3 Å². The first-order valence-corrected chi connectivity index (χ1v) is 13.0. The molecule has 10 atom stereocenters. The topological polar surface area (TPSA) is 122 Å². The second-order valence-corrected chi connectivity index (χ2v) is 11.5. The first kappa shape index (κ1) is 27.6. The smallest absolute Gasteiger partial charge is 0.306 e. The summed E-state index contributed by atoms with van der Waals surface area (Å²) in [5.74, 6) is -3.15. The minimum absolute atomic E-state index is 0.0173. The maximum Gasteiger partial charge on any atom is 0.306 e. The zero-order valence-electron chi connectivity index (χ0n) is 21.1. The van der Waals surface area contributed by atoms with Crippen LogP contribution in [0.1, 0.15) is 60.3 Å². The quantitative estimate of drug-likeness (QED) is 0.284. The van der Waals surface area contributed by atoms with E-state index < -0.39 is 58.3 Å². The van der Waals surface area contributed by atoms with Crippen LogP contribution in [0.15, 0.2) is 0 Å². The number of hydrogen-bond acceptors (Lipinski definition) is 9. The molecule has 0 amide bonds. The summed E-state index contributed by atoms with van der Waals surface area (Å²) in [4.78, 5) is 61.3. The molecule has 0 heterocycles. The predicted octanol–water partition coefficient (Wildman–Crippen LogP) is 3.00. The van der Waals surface area contributed by atoms with Gasteiger partial charge < -0.3 is 18.9 Å². The molecule has 0 aromatic heterocycles. The van der Waals surface area contributed by atoms with E-state index >= 15 is 0 Å². The second kappa shape index (κ2) is 10.6. The Kier molecular flexibility index (Phi) is 8.34. The maximum absolute atomic E-state index is 13.1. The van der Waals surface area contributed by atoms with Gasteiger partial charge in [-0.1, -0.05) is 29.8 Å². The van der Waals surface area contributed by atoms with Crippen molar-refractivity contribution in [2.45, 2.75) is 83.4 Å². The number of halogens is 1. The van der Waals surface area contributed by atoms with Crippen LogP contribution in [0.4, 0.5) is 0 Å². The third kappa shape index (κ3) is 5.13. The molecule has 3 saturated carbocycles. The second-order valence-electron chi connectivity index (χ2n) is 10.3. The van der Waals surface area contributed by atoms with Gasteiger partial charge >= 0.3 is 23.9 Å². The molecule has 0 aromatic carbocycles. The molecule has 0 aliphatic heterocycles. The van der Waals surface area contributed by atoms with Gasteiger partial charge in [0.15, 0.2) is 6.10 Å². The number of esters is 4. The van der Waals surface area contributed by atoms with Gasteiger partial charge in [-0.05, 0) is 37.0 Å². The largest absolute Gasteiger partial charge is 0.469 e. The lowest BCUT2D eigenvalue weighted by Gasteiger charge is -2.63. The highest BCUT2D eigenvalue weighted by Gasteiger charge is 2.67. The van der Waals surface area contributed by atoms with Crippen molar-refractivity contribution in [1.29, 1.82) is 0 Å². The van der Waals surface area contributed by atoms with Gasteiger partial charge in [0.1, 0.15) is 18.0 Å². The predicted molar refractivity (Wildman–Crippen MR) is 126 cm³/mol. The van der Waals surface area contributed by atoms with E-state index in [2.05, 4.69) is 15.9 Å². The fourth-order valence-electron chi connectivity index (χ4n) is 7.19. The number of fused-ring (bicyclic) bond motifs is 3. The number of ketones is 1. The molecule has 3 rings (SSSR count). The molecule has 0 N–H and O–H groups in total. The SMILES string of the molecule is COC(=O)CC1C(=O)C(Br)CC2C1CCC1C(C)C(OC(C)=O)C(OC(C)=O)C(OC(C)=O)C12C. The third-order valence-corrected chi connectivity index (χ3v) is 9.30. The molecule has 0 aromatic rings. The van der Waals surface area contributed by atoms with Crippen LogP contribution in [-0.4, -0.2) is 59.9 Å². The van der Waals surface area contributed by atoms with Gasteiger partial charge in [0, 0.05) is 38.0 Å². The van der Waals surface area contributed by atoms with Crippen molar-refractivity contribution in [1.82, 2.24) is 0 Å². The van der Waals surface area contributed by atoms with Gasteiger partial charge in [0.05, 0.1) is 18.4 Å². The number of rotatable bonds is 5. The van der Waals surface area contributed by atoms with Gasteiger partial charge in [-0.2, -0.15) is 0 Å². The van der Waals surface area contributed by atoms with Gasteiger partial charge in [0.2, 0.25) is 0 Å². The zero-order chi connectivity index (χ0) is 26.2. The first-order valence-electron chi connectivity index (χ1n) is 12.1.